The molecule has 1 heterocycles. The van der Waals surface area contributed by atoms with Gasteiger partial charge in [0, 0.05) is 19.6 Å². The van der Waals surface area contributed by atoms with Gasteiger partial charge in [-0.15, -0.1) is 0 Å². The fourth-order valence-electron chi connectivity index (χ4n) is 3.06. The van der Waals surface area contributed by atoms with Crippen LogP contribution in [-0.4, -0.2) is 60.9 Å². The molecular weight excluding hydrogens is 377 g/mol. The Morgan fingerprint density at radius 3 is 2.55 bits per heavy atom. The zero-order chi connectivity index (χ0) is 21.6. The summed E-state index contributed by atoms with van der Waals surface area (Å²) in [7, 11) is 0. The number of ether oxygens (including phenoxy) is 2. The molecule has 1 aromatic carbocycles. The number of amides is 2. The number of hydrogen-bond acceptors (Lipinski definition) is 5. The third kappa shape index (κ3) is 7.62. The number of hydrogen-bond donors (Lipinski definition) is 2. The van der Waals surface area contributed by atoms with Crippen molar-refractivity contribution in [2.45, 2.75) is 58.4 Å². The molecule has 2 N–H and O–H groups in total. The van der Waals surface area contributed by atoms with E-state index in [1.54, 1.807) is 32.9 Å². The lowest BCUT2D eigenvalue weighted by atomic mass is 10.1. The minimum absolute atomic E-state index is 0.109. The molecular formula is C21H32FN3O4. The van der Waals surface area contributed by atoms with Gasteiger partial charge >= 0.3 is 6.09 Å². The zero-order valence-corrected chi connectivity index (χ0v) is 17.8. The Kier molecular flexibility index (Phi) is 7.98. The Hall–Kier alpha value is -2.19. The van der Waals surface area contributed by atoms with Crippen LogP contribution in [0.4, 0.5) is 9.18 Å². The summed E-state index contributed by atoms with van der Waals surface area (Å²) >= 11 is 0. The second-order valence-corrected chi connectivity index (χ2v) is 8.33. The summed E-state index contributed by atoms with van der Waals surface area (Å²) in [6.45, 7) is 11.1. The van der Waals surface area contributed by atoms with Crippen LogP contribution in [0.25, 0.3) is 0 Å². The lowest BCUT2D eigenvalue weighted by Gasteiger charge is -2.36. The second-order valence-electron chi connectivity index (χ2n) is 8.33. The van der Waals surface area contributed by atoms with Crippen molar-refractivity contribution in [1.29, 1.82) is 0 Å². The Balaban J connectivity index is 1.83. The maximum atomic E-state index is 13.1. The molecule has 0 aliphatic carbocycles. The maximum absolute atomic E-state index is 13.1. The van der Waals surface area contributed by atoms with E-state index in [4.69, 9.17) is 9.47 Å². The molecule has 1 aliphatic rings. The van der Waals surface area contributed by atoms with Crippen LogP contribution in [-0.2, 0) is 14.3 Å². The summed E-state index contributed by atoms with van der Waals surface area (Å²) in [5.41, 5.74) is 0.283. The molecule has 8 heteroatoms. The van der Waals surface area contributed by atoms with E-state index in [0.29, 0.717) is 26.2 Å². The van der Waals surface area contributed by atoms with E-state index in [2.05, 4.69) is 10.6 Å². The van der Waals surface area contributed by atoms with Crippen molar-refractivity contribution in [3.05, 3.63) is 35.6 Å². The zero-order valence-electron chi connectivity index (χ0n) is 17.8. The van der Waals surface area contributed by atoms with Gasteiger partial charge in [0.15, 0.2) is 0 Å². The molecule has 3 atom stereocenters. The first-order valence-corrected chi connectivity index (χ1v) is 9.93. The van der Waals surface area contributed by atoms with Gasteiger partial charge in [-0.2, -0.15) is 0 Å². The molecule has 0 radical (unpaired) electrons. The van der Waals surface area contributed by atoms with Crippen LogP contribution in [0.1, 0.15) is 46.2 Å². The van der Waals surface area contributed by atoms with Crippen LogP contribution in [0.2, 0.25) is 0 Å². The Bertz CT molecular complexity index is 690. The number of carbonyl (C=O) groups is 2. The highest BCUT2D eigenvalue weighted by molar-refractivity contribution is 5.81. The first-order valence-electron chi connectivity index (χ1n) is 9.93. The lowest BCUT2D eigenvalue weighted by Crippen LogP contribution is -2.54. The summed E-state index contributed by atoms with van der Waals surface area (Å²) in [4.78, 5) is 26.5. The Morgan fingerprint density at radius 2 is 1.93 bits per heavy atom. The molecule has 162 valence electrons. The second kappa shape index (κ2) is 10.0. The van der Waals surface area contributed by atoms with Crippen molar-refractivity contribution in [3.8, 4) is 0 Å². The molecule has 0 bridgehead atoms. The highest BCUT2D eigenvalue weighted by Crippen LogP contribution is 2.15. The van der Waals surface area contributed by atoms with Gasteiger partial charge in [0.1, 0.15) is 11.4 Å². The predicted molar refractivity (Wildman–Crippen MR) is 108 cm³/mol. The molecule has 29 heavy (non-hydrogen) atoms. The number of benzene rings is 1. The van der Waals surface area contributed by atoms with Gasteiger partial charge in [-0.25, -0.2) is 9.18 Å². The van der Waals surface area contributed by atoms with E-state index in [9.17, 15) is 14.0 Å². The van der Waals surface area contributed by atoms with E-state index in [-0.39, 0.29) is 29.9 Å². The number of morpholine rings is 1. The predicted octanol–water partition coefficient (Wildman–Crippen LogP) is 2.62. The summed E-state index contributed by atoms with van der Waals surface area (Å²) in [6, 6.07) is 5.51. The van der Waals surface area contributed by atoms with Gasteiger partial charge in [-0.1, -0.05) is 12.1 Å². The molecule has 1 aromatic rings. The van der Waals surface area contributed by atoms with E-state index in [0.717, 1.165) is 5.56 Å². The molecule has 7 nitrogen and oxygen atoms in total. The maximum Gasteiger partial charge on any atom is 0.407 e. The van der Waals surface area contributed by atoms with Crippen molar-refractivity contribution in [1.82, 2.24) is 15.5 Å². The molecule has 2 rings (SSSR count). The third-order valence-electron chi connectivity index (χ3n) is 4.70. The molecule has 1 saturated heterocycles. The van der Waals surface area contributed by atoms with Crippen LogP contribution in [0.3, 0.4) is 0 Å². The number of rotatable bonds is 6. The highest BCUT2D eigenvalue weighted by Gasteiger charge is 2.29. The number of nitrogens with one attached hydrogen (secondary N) is 2. The first kappa shape index (κ1) is 23.1. The van der Waals surface area contributed by atoms with Crippen molar-refractivity contribution in [3.63, 3.8) is 0 Å². The van der Waals surface area contributed by atoms with E-state index >= 15 is 0 Å². The average Bonchev–Trinajstić information content (AvgIpc) is 2.65. The fraction of sp³-hybridized carbons (Fsp3) is 0.619. The topological polar surface area (TPSA) is 79.9 Å². The molecule has 2 amide bonds. The molecule has 0 aromatic heterocycles. The standard InChI is InChI=1S/C21H32FN3O4/c1-14(16-6-8-17(22)9-7-16)24-19(26)15(2)25-10-11-28-18(13-25)12-23-20(27)29-21(3,4)5/h6-9,14-15,18H,10-13H2,1-5H3,(H,23,27)(H,24,26)/t14-,15-,18+/m0/s1. The van der Waals surface area contributed by atoms with E-state index < -0.39 is 11.7 Å². The molecule has 0 saturated carbocycles. The van der Waals surface area contributed by atoms with Crippen molar-refractivity contribution >= 4 is 12.0 Å². The number of nitrogens with zero attached hydrogens (tertiary/aromatic N) is 1. The molecule has 1 aliphatic heterocycles. The quantitative estimate of drug-likeness (QED) is 0.755. The molecule has 0 unspecified atom stereocenters. The smallest absolute Gasteiger partial charge is 0.407 e. The van der Waals surface area contributed by atoms with Gasteiger partial charge in [0.05, 0.1) is 24.8 Å². The number of halogens is 1. The van der Waals surface area contributed by atoms with Crippen LogP contribution in [0.5, 0.6) is 0 Å². The van der Waals surface area contributed by atoms with Crippen molar-refractivity contribution in [2.24, 2.45) is 0 Å². The summed E-state index contributed by atoms with van der Waals surface area (Å²) < 4.78 is 24.0. The van der Waals surface area contributed by atoms with Gasteiger partial charge in [0.25, 0.3) is 0 Å². The largest absolute Gasteiger partial charge is 0.444 e. The molecule has 1 fully saturated rings. The van der Waals surface area contributed by atoms with Gasteiger partial charge in [0.2, 0.25) is 5.91 Å². The van der Waals surface area contributed by atoms with Crippen LogP contribution in [0, 0.1) is 5.82 Å². The average molecular weight is 410 g/mol. The van der Waals surface area contributed by atoms with Gasteiger partial charge in [-0.3, -0.25) is 9.69 Å². The normalized spacial score (nSPS) is 19.9. The lowest BCUT2D eigenvalue weighted by molar-refractivity contribution is -0.129. The Morgan fingerprint density at radius 1 is 1.28 bits per heavy atom. The van der Waals surface area contributed by atoms with Crippen molar-refractivity contribution < 1.29 is 23.5 Å². The van der Waals surface area contributed by atoms with Crippen LogP contribution >= 0.6 is 0 Å². The SMILES string of the molecule is C[C@H](NC(=O)[C@H](C)N1CCO[C@H](CNC(=O)OC(C)(C)C)C1)c1ccc(F)cc1. The summed E-state index contributed by atoms with van der Waals surface area (Å²) in [6.07, 6.45) is -0.710. The van der Waals surface area contributed by atoms with E-state index in [1.807, 2.05) is 18.7 Å². The molecule has 0 spiro atoms. The van der Waals surface area contributed by atoms with Crippen LogP contribution in [0.15, 0.2) is 24.3 Å². The Labute approximate surface area is 171 Å². The number of alkyl carbamates (subject to hydrolysis) is 1. The first-order chi connectivity index (χ1) is 13.5. The summed E-state index contributed by atoms with van der Waals surface area (Å²) in [5.74, 6) is -0.414. The summed E-state index contributed by atoms with van der Waals surface area (Å²) in [5, 5.41) is 5.68. The van der Waals surface area contributed by atoms with Crippen molar-refractivity contribution in [2.75, 3.05) is 26.2 Å². The highest BCUT2D eigenvalue weighted by atomic mass is 19.1. The number of carbonyl (C=O) groups excluding carboxylic acids is 2. The van der Waals surface area contributed by atoms with Gasteiger partial charge in [-0.05, 0) is 52.3 Å². The van der Waals surface area contributed by atoms with E-state index in [1.165, 1.54) is 12.1 Å². The fourth-order valence-corrected chi connectivity index (χ4v) is 3.06. The monoisotopic (exact) mass is 409 g/mol. The third-order valence-corrected chi connectivity index (χ3v) is 4.70. The van der Waals surface area contributed by atoms with Gasteiger partial charge < -0.3 is 20.1 Å². The van der Waals surface area contributed by atoms with Crippen LogP contribution < -0.4 is 10.6 Å². The minimum atomic E-state index is -0.558. The minimum Gasteiger partial charge on any atom is -0.444 e.